The predicted octanol–water partition coefficient (Wildman–Crippen LogP) is 1.57. The van der Waals surface area contributed by atoms with Crippen LogP contribution in [0.15, 0.2) is 4.99 Å². The largest absolute Gasteiger partial charge is 0.381 e. The van der Waals surface area contributed by atoms with Gasteiger partial charge in [0.15, 0.2) is 5.17 Å². The summed E-state index contributed by atoms with van der Waals surface area (Å²) >= 11 is 1.91. The standard InChI is InChI=1S/C14H25N3OS/c1-17-6-2-3-12(10-17)9-15-13-16-14(11-19-13)4-7-18-8-5-14/h12H,2-11H2,1H3,(H,15,16). The van der Waals surface area contributed by atoms with E-state index in [0.29, 0.717) is 0 Å². The molecule has 3 saturated heterocycles. The normalized spacial score (nSPS) is 33.7. The van der Waals surface area contributed by atoms with E-state index in [2.05, 4.69) is 17.3 Å². The number of likely N-dealkylation sites (tertiary alicyclic amines) is 1. The third-order valence-electron chi connectivity index (χ3n) is 4.52. The Morgan fingerprint density at radius 1 is 1.47 bits per heavy atom. The summed E-state index contributed by atoms with van der Waals surface area (Å²) in [6.07, 6.45) is 4.93. The number of nitrogens with one attached hydrogen (secondary N) is 1. The van der Waals surface area contributed by atoms with Gasteiger partial charge in [0.1, 0.15) is 0 Å². The fraction of sp³-hybridized carbons (Fsp3) is 0.929. The highest BCUT2D eigenvalue weighted by Crippen LogP contribution is 2.31. The van der Waals surface area contributed by atoms with Crippen molar-refractivity contribution >= 4 is 16.9 Å². The van der Waals surface area contributed by atoms with Crippen LogP contribution >= 0.6 is 11.8 Å². The minimum absolute atomic E-state index is 0.283. The molecule has 0 saturated carbocycles. The lowest BCUT2D eigenvalue weighted by Gasteiger charge is -2.32. The predicted molar refractivity (Wildman–Crippen MR) is 80.9 cm³/mol. The molecule has 1 unspecified atom stereocenters. The maximum atomic E-state index is 5.46. The summed E-state index contributed by atoms with van der Waals surface area (Å²) in [5.74, 6) is 1.92. The second kappa shape index (κ2) is 6.02. The van der Waals surface area contributed by atoms with Crippen molar-refractivity contribution < 1.29 is 4.74 Å². The van der Waals surface area contributed by atoms with Crippen LogP contribution < -0.4 is 5.32 Å². The molecule has 0 amide bonds. The van der Waals surface area contributed by atoms with Gasteiger partial charge in [-0.3, -0.25) is 4.99 Å². The lowest BCUT2D eigenvalue weighted by Crippen LogP contribution is -2.48. The van der Waals surface area contributed by atoms with Crippen LogP contribution in [0.25, 0.3) is 0 Å². The highest BCUT2D eigenvalue weighted by Gasteiger charge is 2.38. The van der Waals surface area contributed by atoms with Crippen LogP contribution in [0.3, 0.4) is 0 Å². The van der Waals surface area contributed by atoms with Crippen LogP contribution in [-0.2, 0) is 4.74 Å². The summed E-state index contributed by atoms with van der Waals surface area (Å²) in [5.41, 5.74) is 0.283. The Morgan fingerprint density at radius 2 is 2.32 bits per heavy atom. The van der Waals surface area contributed by atoms with Crippen LogP contribution in [0.5, 0.6) is 0 Å². The molecular formula is C14H25N3OS. The van der Waals surface area contributed by atoms with Crippen molar-refractivity contribution in [1.82, 2.24) is 10.2 Å². The van der Waals surface area contributed by atoms with Gasteiger partial charge in [0, 0.05) is 32.1 Å². The van der Waals surface area contributed by atoms with E-state index in [1.165, 1.54) is 36.9 Å². The van der Waals surface area contributed by atoms with E-state index >= 15 is 0 Å². The number of nitrogens with zero attached hydrogens (tertiary/aromatic N) is 2. The van der Waals surface area contributed by atoms with Crippen LogP contribution in [0.1, 0.15) is 25.7 Å². The van der Waals surface area contributed by atoms with Crippen molar-refractivity contribution in [2.45, 2.75) is 31.2 Å². The van der Waals surface area contributed by atoms with Crippen molar-refractivity contribution in [1.29, 1.82) is 0 Å². The SMILES string of the molecule is CN1CCCC(CN=C2NC3(CCOCC3)CS2)C1. The van der Waals surface area contributed by atoms with Gasteiger partial charge in [-0.1, -0.05) is 11.8 Å². The van der Waals surface area contributed by atoms with Crippen molar-refractivity contribution in [2.24, 2.45) is 10.9 Å². The Morgan fingerprint density at radius 3 is 3.11 bits per heavy atom. The lowest BCUT2D eigenvalue weighted by atomic mass is 9.93. The molecule has 0 aromatic heterocycles. The molecule has 1 atom stereocenters. The fourth-order valence-corrected chi connectivity index (χ4v) is 4.48. The molecule has 19 heavy (non-hydrogen) atoms. The summed E-state index contributed by atoms with van der Waals surface area (Å²) in [6.45, 7) is 5.25. The number of aliphatic imine (C=N–C) groups is 1. The van der Waals surface area contributed by atoms with Gasteiger partial charge in [-0.2, -0.15) is 0 Å². The van der Waals surface area contributed by atoms with E-state index in [0.717, 1.165) is 38.5 Å². The summed E-state index contributed by atoms with van der Waals surface area (Å²) in [5, 5.41) is 4.85. The zero-order valence-corrected chi connectivity index (χ0v) is 12.7. The molecule has 3 rings (SSSR count). The molecule has 3 aliphatic rings. The smallest absolute Gasteiger partial charge is 0.157 e. The quantitative estimate of drug-likeness (QED) is 0.835. The van der Waals surface area contributed by atoms with E-state index in [9.17, 15) is 0 Å². The first-order valence-electron chi connectivity index (χ1n) is 7.48. The van der Waals surface area contributed by atoms with Crippen LogP contribution in [0, 0.1) is 5.92 Å². The third kappa shape index (κ3) is 3.44. The Kier molecular flexibility index (Phi) is 4.34. The van der Waals surface area contributed by atoms with E-state index in [-0.39, 0.29) is 5.54 Å². The Balaban J connectivity index is 1.51. The van der Waals surface area contributed by atoms with Gasteiger partial charge < -0.3 is 15.0 Å². The lowest BCUT2D eigenvalue weighted by molar-refractivity contribution is 0.0555. The highest BCUT2D eigenvalue weighted by atomic mass is 32.2. The van der Waals surface area contributed by atoms with Gasteiger partial charge in [0.2, 0.25) is 0 Å². The average molecular weight is 283 g/mol. The first-order chi connectivity index (χ1) is 9.26. The zero-order valence-electron chi connectivity index (χ0n) is 11.9. The molecule has 3 aliphatic heterocycles. The number of rotatable bonds is 2. The minimum Gasteiger partial charge on any atom is -0.381 e. The Bertz CT molecular complexity index is 342. The Labute approximate surface area is 120 Å². The fourth-order valence-electron chi connectivity index (χ4n) is 3.26. The molecule has 1 spiro atoms. The van der Waals surface area contributed by atoms with Gasteiger partial charge in [-0.25, -0.2) is 0 Å². The number of piperidine rings is 1. The summed E-state index contributed by atoms with van der Waals surface area (Å²) < 4.78 is 5.46. The first-order valence-corrected chi connectivity index (χ1v) is 8.46. The van der Waals surface area contributed by atoms with Crippen LogP contribution in [-0.4, -0.2) is 61.3 Å². The third-order valence-corrected chi connectivity index (χ3v) is 5.72. The minimum atomic E-state index is 0.283. The number of thioether (sulfide) groups is 1. The van der Waals surface area contributed by atoms with Crippen molar-refractivity contribution in [3.63, 3.8) is 0 Å². The van der Waals surface area contributed by atoms with Crippen molar-refractivity contribution in [3.8, 4) is 0 Å². The monoisotopic (exact) mass is 283 g/mol. The molecule has 3 fully saturated rings. The molecule has 0 radical (unpaired) electrons. The van der Waals surface area contributed by atoms with Gasteiger partial charge >= 0.3 is 0 Å². The first kappa shape index (κ1) is 13.7. The molecule has 1 N–H and O–H groups in total. The molecule has 0 bridgehead atoms. The van der Waals surface area contributed by atoms with Gasteiger partial charge in [0.25, 0.3) is 0 Å². The summed E-state index contributed by atoms with van der Waals surface area (Å²) in [6, 6.07) is 0. The van der Waals surface area contributed by atoms with Crippen LogP contribution in [0.2, 0.25) is 0 Å². The maximum Gasteiger partial charge on any atom is 0.157 e. The molecule has 0 aromatic rings. The van der Waals surface area contributed by atoms with Crippen LogP contribution in [0.4, 0.5) is 0 Å². The maximum absolute atomic E-state index is 5.46. The number of hydrogen-bond donors (Lipinski definition) is 1. The highest BCUT2D eigenvalue weighted by molar-refractivity contribution is 8.14. The summed E-state index contributed by atoms with van der Waals surface area (Å²) in [7, 11) is 2.22. The van der Waals surface area contributed by atoms with Gasteiger partial charge in [-0.15, -0.1) is 0 Å². The number of amidine groups is 1. The van der Waals surface area contributed by atoms with E-state index in [1.54, 1.807) is 0 Å². The second-order valence-electron chi connectivity index (χ2n) is 6.22. The number of ether oxygens (including phenoxy) is 1. The van der Waals surface area contributed by atoms with Gasteiger partial charge in [-0.05, 0) is 45.2 Å². The molecule has 0 aromatic carbocycles. The molecular weight excluding hydrogens is 258 g/mol. The summed E-state index contributed by atoms with van der Waals surface area (Å²) in [4.78, 5) is 7.27. The molecule has 3 heterocycles. The van der Waals surface area contributed by atoms with E-state index < -0.39 is 0 Å². The molecule has 0 aliphatic carbocycles. The van der Waals surface area contributed by atoms with E-state index in [1.807, 2.05) is 11.8 Å². The number of hydrogen-bond acceptors (Lipinski definition) is 4. The van der Waals surface area contributed by atoms with Crippen molar-refractivity contribution in [2.75, 3.05) is 45.6 Å². The average Bonchev–Trinajstić information content (AvgIpc) is 2.80. The van der Waals surface area contributed by atoms with E-state index in [4.69, 9.17) is 9.73 Å². The second-order valence-corrected chi connectivity index (χ2v) is 7.19. The molecule has 5 heteroatoms. The molecule has 108 valence electrons. The zero-order chi connectivity index (χ0) is 13.1. The van der Waals surface area contributed by atoms with Crippen molar-refractivity contribution in [3.05, 3.63) is 0 Å². The Hall–Kier alpha value is -0.260. The topological polar surface area (TPSA) is 36.9 Å². The molecule has 4 nitrogen and oxygen atoms in total. The van der Waals surface area contributed by atoms with Gasteiger partial charge in [0.05, 0.1) is 5.54 Å².